The highest BCUT2D eigenvalue weighted by Gasteiger charge is 2.17. The van der Waals surface area contributed by atoms with Gasteiger partial charge in [-0.2, -0.15) is 0 Å². The fourth-order valence-electron chi connectivity index (χ4n) is 2.18. The zero-order chi connectivity index (χ0) is 14.4. The molecular weight excluding hydrogens is 252 g/mol. The van der Waals surface area contributed by atoms with Crippen molar-refractivity contribution in [2.75, 3.05) is 26.2 Å². The lowest BCUT2D eigenvalue weighted by Gasteiger charge is -2.27. The molecule has 0 bridgehead atoms. The predicted octanol–water partition coefficient (Wildman–Crippen LogP) is 1.91. The van der Waals surface area contributed by atoms with E-state index in [-0.39, 0.29) is 12.5 Å². The molecule has 1 amide bonds. The van der Waals surface area contributed by atoms with Gasteiger partial charge in [-0.1, -0.05) is 32.0 Å². The van der Waals surface area contributed by atoms with Gasteiger partial charge < -0.3 is 15.4 Å². The first-order chi connectivity index (χ1) is 9.70. The second-order valence-corrected chi connectivity index (χ2v) is 5.46. The van der Waals surface area contributed by atoms with E-state index in [9.17, 15) is 4.79 Å². The van der Waals surface area contributed by atoms with Crippen LogP contribution in [0.3, 0.4) is 0 Å². The second-order valence-electron chi connectivity index (χ2n) is 5.46. The van der Waals surface area contributed by atoms with E-state index in [0.717, 1.165) is 31.8 Å². The van der Waals surface area contributed by atoms with Gasteiger partial charge in [0.15, 0.2) is 6.61 Å². The number of hydrogen-bond acceptors (Lipinski definition) is 3. The lowest BCUT2D eigenvalue weighted by molar-refractivity contribution is -0.123. The van der Waals surface area contributed by atoms with Gasteiger partial charge in [0.2, 0.25) is 0 Å². The van der Waals surface area contributed by atoms with Crippen LogP contribution >= 0.6 is 0 Å². The molecule has 2 N–H and O–H groups in total. The molecule has 1 unspecified atom stereocenters. The summed E-state index contributed by atoms with van der Waals surface area (Å²) in [5.74, 6) is 1.79. The van der Waals surface area contributed by atoms with Crippen LogP contribution in [-0.4, -0.2) is 32.1 Å². The fourth-order valence-corrected chi connectivity index (χ4v) is 2.18. The number of carbonyl (C=O) groups is 1. The number of ether oxygens (including phenoxy) is 1. The predicted molar refractivity (Wildman–Crippen MR) is 80.0 cm³/mol. The van der Waals surface area contributed by atoms with Gasteiger partial charge in [0.1, 0.15) is 5.75 Å². The molecule has 1 aliphatic rings. The lowest BCUT2D eigenvalue weighted by atomic mass is 9.98. The van der Waals surface area contributed by atoms with E-state index in [1.165, 1.54) is 5.56 Å². The fraction of sp³-hybridized carbons (Fsp3) is 0.562. The van der Waals surface area contributed by atoms with Crippen molar-refractivity contribution in [1.82, 2.24) is 10.6 Å². The summed E-state index contributed by atoms with van der Waals surface area (Å²) in [5, 5.41) is 6.10. The molecule has 1 saturated heterocycles. The van der Waals surface area contributed by atoms with Gasteiger partial charge >= 0.3 is 0 Å². The van der Waals surface area contributed by atoms with Crippen LogP contribution in [0.2, 0.25) is 0 Å². The van der Waals surface area contributed by atoms with Crippen molar-refractivity contribution in [3.05, 3.63) is 29.8 Å². The zero-order valence-electron chi connectivity index (χ0n) is 12.3. The number of nitrogens with one attached hydrogen (secondary N) is 2. The maximum absolute atomic E-state index is 11.8. The van der Waals surface area contributed by atoms with Crippen molar-refractivity contribution in [1.29, 1.82) is 0 Å². The van der Waals surface area contributed by atoms with Crippen molar-refractivity contribution in [3.8, 4) is 5.75 Å². The smallest absolute Gasteiger partial charge is 0.257 e. The maximum atomic E-state index is 11.8. The van der Waals surface area contributed by atoms with E-state index < -0.39 is 0 Å². The van der Waals surface area contributed by atoms with Crippen LogP contribution in [0.25, 0.3) is 0 Å². The first-order valence-corrected chi connectivity index (χ1v) is 7.39. The van der Waals surface area contributed by atoms with E-state index in [1.807, 2.05) is 18.2 Å². The molecule has 0 aliphatic carbocycles. The molecule has 1 atom stereocenters. The Morgan fingerprint density at radius 2 is 2.20 bits per heavy atom. The third kappa shape index (κ3) is 3.97. The van der Waals surface area contributed by atoms with Gasteiger partial charge in [-0.25, -0.2) is 0 Å². The van der Waals surface area contributed by atoms with Gasteiger partial charge in [0.05, 0.1) is 0 Å². The van der Waals surface area contributed by atoms with Gasteiger partial charge in [-0.3, -0.25) is 4.79 Å². The first-order valence-electron chi connectivity index (χ1n) is 7.39. The SMILES string of the molecule is CCC(C)c1ccccc1OCC(=O)NCC1CNC1. The van der Waals surface area contributed by atoms with Crippen molar-refractivity contribution in [2.45, 2.75) is 26.2 Å². The van der Waals surface area contributed by atoms with Gasteiger partial charge in [0.25, 0.3) is 5.91 Å². The third-order valence-corrected chi connectivity index (χ3v) is 3.87. The third-order valence-electron chi connectivity index (χ3n) is 3.87. The van der Waals surface area contributed by atoms with Crippen molar-refractivity contribution < 1.29 is 9.53 Å². The molecule has 0 aromatic heterocycles. The average Bonchev–Trinajstić information content (AvgIpc) is 2.43. The monoisotopic (exact) mass is 276 g/mol. The number of para-hydroxylation sites is 1. The molecule has 0 radical (unpaired) electrons. The van der Waals surface area contributed by atoms with Crippen LogP contribution in [0.1, 0.15) is 31.7 Å². The average molecular weight is 276 g/mol. The summed E-state index contributed by atoms with van der Waals surface area (Å²) in [6.07, 6.45) is 1.06. The van der Waals surface area contributed by atoms with Crippen LogP contribution in [0.15, 0.2) is 24.3 Å². The highest BCUT2D eigenvalue weighted by Crippen LogP contribution is 2.28. The van der Waals surface area contributed by atoms with Crippen LogP contribution in [0.4, 0.5) is 0 Å². The summed E-state index contributed by atoms with van der Waals surface area (Å²) in [5.41, 5.74) is 1.17. The van der Waals surface area contributed by atoms with Crippen molar-refractivity contribution >= 4 is 5.91 Å². The molecule has 0 saturated carbocycles. The molecule has 2 rings (SSSR count). The van der Waals surface area contributed by atoms with Gasteiger partial charge in [0, 0.05) is 25.6 Å². The molecule has 110 valence electrons. The Morgan fingerprint density at radius 3 is 2.85 bits per heavy atom. The zero-order valence-corrected chi connectivity index (χ0v) is 12.3. The maximum Gasteiger partial charge on any atom is 0.257 e. The molecule has 0 spiro atoms. The largest absolute Gasteiger partial charge is 0.483 e. The Kier molecular flexibility index (Phi) is 5.41. The highest BCUT2D eigenvalue weighted by molar-refractivity contribution is 5.77. The summed E-state index contributed by atoms with van der Waals surface area (Å²) in [6.45, 7) is 7.15. The minimum Gasteiger partial charge on any atom is -0.483 e. The molecule has 1 heterocycles. The Hall–Kier alpha value is -1.55. The molecular formula is C16H24N2O2. The Balaban J connectivity index is 1.81. The van der Waals surface area contributed by atoms with Crippen LogP contribution < -0.4 is 15.4 Å². The molecule has 4 nitrogen and oxygen atoms in total. The molecule has 4 heteroatoms. The number of hydrogen-bond donors (Lipinski definition) is 2. The van der Waals surface area contributed by atoms with Crippen molar-refractivity contribution in [2.24, 2.45) is 5.92 Å². The van der Waals surface area contributed by atoms with E-state index in [0.29, 0.717) is 11.8 Å². The number of amides is 1. The van der Waals surface area contributed by atoms with Crippen LogP contribution in [-0.2, 0) is 4.79 Å². The second kappa shape index (κ2) is 7.29. The Bertz CT molecular complexity index is 444. The Morgan fingerprint density at radius 1 is 1.45 bits per heavy atom. The molecule has 1 aromatic carbocycles. The lowest BCUT2D eigenvalue weighted by Crippen LogP contribution is -2.48. The van der Waals surface area contributed by atoms with Crippen LogP contribution in [0.5, 0.6) is 5.75 Å². The van der Waals surface area contributed by atoms with E-state index in [2.05, 4.69) is 30.5 Å². The van der Waals surface area contributed by atoms with Gasteiger partial charge in [-0.05, 0) is 24.0 Å². The molecule has 1 aliphatic heterocycles. The first kappa shape index (κ1) is 14.9. The molecule has 1 aromatic rings. The molecule has 1 fully saturated rings. The quantitative estimate of drug-likeness (QED) is 0.800. The number of rotatable bonds is 7. The number of carbonyl (C=O) groups excluding carboxylic acids is 1. The van der Waals surface area contributed by atoms with E-state index >= 15 is 0 Å². The van der Waals surface area contributed by atoms with E-state index in [1.54, 1.807) is 0 Å². The minimum absolute atomic E-state index is 0.0455. The summed E-state index contributed by atoms with van der Waals surface area (Å²) >= 11 is 0. The summed E-state index contributed by atoms with van der Waals surface area (Å²) in [6, 6.07) is 7.96. The van der Waals surface area contributed by atoms with E-state index in [4.69, 9.17) is 4.74 Å². The minimum atomic E-state index is -0.0455. The topological polar surface area (TPSA) is 50.4 Å². The summed E-state index contributed by atoms with van der Waals surface area (Å²) < 4.78 is 5.68. The summed E-state index contributed by atoms with van der Waals surface area (Å²) in [7, 11) is 0. The highest BCUT2D eigenvalue weighted by atomic mass is 16.5. The Labute approximate surface area is 120 Å². The van der Waals surface area contributed by atoms with Gasteiger partial charge in [-0.15, -0.1) is 0 Å². The number of benzene rings is 1. The molecule has 20 heavy (non-hydrogen) atoms. The van der Waals surface area contributed by atoms with Crippen molar-refractivity contribution in [3.63, 3.8) is 0 Å². The summed E-state index contributed by atoms with van der Waals surface area (Å²) in [4.78, 5) is 11.8. The van der Waals surface area contributed by atoms with Crippen LogP contribution in [0, 0.1) is 5.92 Å². The normalized spacial score (nSPS) is 16.3. The standard InChI is InChI=1S/C16H24N2O2/c1-3-12(2)14-6-4-5-7-15(14)20-11-16(19)18-10-13-8-17-9-13/h4-7,12-13,17H,3,8-11H2,1-2H3,(H,18,19).